The van der Waals surface area contributed by atoms with Crippen LogP contribution in [0.2, 0.25) is 5.02 Å². The quantitative estimate of drug-likeness (QED) is 0.439. The van der Waals surface area contributed by atoms with Gasteiger partial charge < -0.3 is 10.1 Å². The fraction of sp³-hybridized carbons (Fsp3) is 0.263. The van der Waals surface area contributed by atoms with Gasteiger partial charge >= 0.3 is 0 Å². The van der Waals surface area contributed by atoms with E-state index < -0.39 is 9.85 Å². The maximum atomic E-state index is 11.3. The maximum Gasteiger partial charge on any atom is 0.288 e. The van der Waals surface area contributed by atoms with E-state index in [9.17, 15) is 20.2 Å². The van der Waals surface area contributed by atoms with Gasteiger partial charge in [0.15, 0.2) is 0 Å². The third-order valence-electron chi connectivity index (χ3n) is 5.37. The minimum Gasteiger partial charge on any atom is -0.494 e. The molecule has 2 aromatic carbocycles. The number of hydrogen-bond acceptors (Lipinski definition) is 6. The standard InChI is InChI=1S/C19H16ClN3O5/c1-28-17-9-11(22(24)25)8-14-12-3-2-4-13(12)18(21-19(14)17)10-5-6-15(20)16(7-10)23(26)27/h2-3,5-9,12-13,18,21H,4H2,1H3/t12-,13-,18+/m0/s1. The number of methoxy groups -OCH3 is 1. The molecule has 2 aliphatic rings. The van der Waals surface area contributed by atoms with Crippen LogP contribution in [0.4, 0.5) is 17.1 Å². The highest BCUT2D eigenvalue weighted by Crippen LogP contribution is 2.53. The van der Waals surface area contributed by atoms with Crippen LogP contribution >= 0.6 is 11.6 Å². The van der Waals surface area contributed by atoms with Crippen molar-refractivity contribution in [2.24, 2.45) is 5.92 Å². The number of allylic oxidation sites excluding steroid dienone is 2. The molecule has 1 N–H and O–H groups in total. The van der Waals surface area contributed by atoms with Gasteiger partial charge in [0.25, 0.3) is 11.4 Å². The van der Waals surface area contributed by atoms with Crippen LogP contribution in [0.3, 0.4) is 0 Å². The molecule has 0 saturated heterocycles. The van der Waals surface area contributed by atoms with Crippen LogP contribution in [0.15, 0.2) is 42.5 Å². The van der Waals surface area contributed by atoms with Gasteiger partial charge in [-0.15, -0.1) is 0 Å². The summed E-state index contributed by atoms with van der Waals surface area (Å²) >= 11 is 5.96. The first-order chi connectivity index (χ1) is 13.4. The summed E-state index contributed by atoms with van der Waals surface area (Å²) in [5.74, 6) is 0.390. The van der Waals surface area contributed by atoms with Crippen molar-refractivity contribution in [2.75, 3.05) is 12.4 Å². The fourth-order valence-electron chi connectivity index (χ4n) is 4.11. The van der Waals surface area contributed by atoms with Gasteiger partial charge in [-0.1, -0.05) is 29.8 Å². The van der Waals surface area contributed by atoms with Crippen LogP contribution in [0.1, 0.15) is 29.5 Å². The molecule has 28 heavy (non-hydrogen) atoms. The largest absolute Gasteiger partial charge is 0.494 e. The van der Waals surface area contributed by atoms with E-state index in [4.69, 9.17) is 16.3 Å². The molecule has 1 heterocycles. The summed E-state index contributed by atoms with van der Waals surface area (Å²) in [6.07, 6.45) is 4.82. The summed E-state index contributed by atoms with van der Waals surface area (Å²) in [6, 6.07) is 7.50. The summed E-state index contributed by atoms with van der Waals surface area (Å²) in [7, 11) is 1.46. The Hall–Kier alpha value is -3.13. The second-order valence-corrected chi connectivity index (χ2v) is 7.22. The van der Waals surface area contributed by atoms with Gasteiger partial charge in [0.2, 0.25) is 0 Å². The van der Waals surface area contributed by atoms with Crippen molar-refractivity contribution in [3.8, 4) is 5.75 Å². The first kappa shape index (κ1) is 18.2. The Balaban J connectivity index is 1.84. The van der Waals surface area contributed by atoms with Crippen LogP contribution in [0.5, 0.6) is 5.75 Å². The van der Waals surface area contributed by atoms with E-state index in [0.717, 1.165) is 17.5 Å². The molecule has 3 atom stereocenters. The molecule has 0 saturated carbocycles. The molecule has 8 nitrogen and oxygen atoms in total. The van der Waals surface area contributed by atoms with Crippen molar-refractivity contribution >= 4 is 28.7 Å². The van der Waals surface area contributed by atoms with Crippen molar-refractivity contribution in [1.82, 2.24) is 0 Å². The Labute approximate surface area is 165 Å². The van der Waals surface area contributed by atoms with Crippen LogP contribution < -0.4 is 10.1 Å². The monoisotopic (exact) mass is 401 g/mol. The zero-order valence-electron chi connectivity index (χ0n) is 14.8. The smallest absolute Gasteiger partial charge is 0.288 e. The SMILES string of the molecule is COc1cc([N+](=O)[O-])cc2c1N[C@H](c1ccc(Cl)c([N+](=O)[O-])c1)[C@H]1CC=C[C@H]21. The van der Waals surface area contributed by atoms with Crippen LogP contribution in [0.25, 0.3) is 0 Å². The number of anilines is 1. The van der Waals surface area contributed by atoms with E-state index in [2.05, 4.69) is 5.32 Å². The van der Waals surface area contributed by atoms with E-state index in [1.165, 1.54) is 25.3 Å². The number of ether oxygens (including phenoxy) is 1. The molecule has 0 bridgehead atoms. The normalized spacial score (nSPS) is 22.1. The number of nitrogens with one attached hydrogen (secondary N) is 1. The van der Waals surface area contributed by atoms with E-state index in [1.807, 2.05) is 12.2 Å². The molecule has 0 amide bonds. The van der Waals surface area contributed by atoms with Crippen molar-refractivity contribution in [1.29, 1.82) is 0 Å². The number of hydrogen-bond donors (Lipinski definition) is 1. The molecule has 0 radical (unpaired) electrons. The molecule has 0 aromatic heterocycles. The number of non-ortho nitro benzene ring substituents is 1. The fourth-order valence-corrected chi connectivity index (χ4v) is 4.30. The summed E-state index contributed by atoms with van der Waals surface area (Å²) < 4.78 is 5.40. The number of fused-ring (bicyclic) bond motifs is 3. The minimum absolute atomic E-state index is 0.0305. The summed E-state index contributed by atoms with van der Waals surface area (Å²) in [5.41, 5.74) is 2.02. The van der Waals surface area contributed by atoms with Crippen molar-refractivity contribution in [3.63, 3.8) is 0 Å². The third kappa shape index (κ3) is 2.86. The Morgan fingerprint density at radius 2 is 1.96 bits per heavy atom. The summed E-state index contributed by atoms with van der Waals surface area (Å²) in [5, 5.41) is 26.1. The van der Waals surface area contributed by atoms with E-state index in [0.29, 0.717) is 11.4 Å². The molecular formula is C19H16ClN3O5. The van der Waals surface area contributed by atoms with Crippen LogP contribution in [0, 0.1) is 26.1 Å². The zero-order chi connectivity index (χ0) is 20.0. The van der Waals surface area contributed by atoms with E-state index >= 15 is 0 Å². The highest BCUT2D eigenvalue weighted by Gasteiger charge is 2.40. The number of rotatable bonds is 4. The van der Waals surface area contributed by atoms with Gasteiger partial charge in [-0.2, -0.15) is 0 Å². The van der Waals surface area contributed by atoms with Crippen LogP contribution in [-0.2, 0) is 0 Å². The van der Waals surface area contributed by atoms with Crippen molar-refractivity contribution in [3.05, 3.63) is 78.9 Å². The van der Waals surface area contributed by atoms with E-state index in [-0.39, 0.29) is 34.3 Å². The second-order valence-electron chi connectivity index (χ2n) is 6.81. The highest BCUT2D eigenvalue weighted by molar-refractivity contribution is 6.32. The Morgan fingerprint density at radius 3 is 2.64 bits per heavy atom. The van der Waals surface area contributed by atoms with Gasteiger partial charge in [0.05, 0.1) is 34.8 Å². The lowest BCUT2D eigenvalue weighted by Gasteiger charge is -2.38. The maximum absolute atomic E-state index is 11.3. The van der Waals surface area contributed by atoms with Crippen LogP contribution in [-0.4, -0.2) is 17.0 Å². The number of halogens is 1. The lowest BCUT2D eigenvalue weighted by Crippen LogP contribution is -2.29. The molecule has 9 heteroatoms. The lowest BCUT2D eigenvalue weighted by molar-refractivity contribution is -0.385. The first-order valence-electron chi connectivity index (χ1n) is 8.64. The predicted octanol–water partition coefficient (Wildman–Crippen LogP) is 4.99. The Kier molecular flexibility index (Phi) is 4.43. The number of nitrogens with zero attached hydrogens (tertiary/aromatic N) is 2. The second kappa shape index (κ2) is 6.79. The molecular weight excluding hydrogens is 386 g/mol. The Morgan fingerprint density at radius 1 is 1.18 bits per heavy atom. The molecule has 0 unspecified atom stereocenters. The number of nitro groups is 2. The topological polar surface area (TPSA) is 108 Å². The van der Waals surface area contributed by atoms with Gasteiger partial charge in [0, 0.05) is 18.1 Å². The summed E-state index contributed by atoms with van der Waals surface area (Å²) in [4.78, 5) is 21.6. The lowest BCUT2D eigenvalue weighted by atomic mass is 9.76. The highest BCUT2D eigenvalue weighted by atomic mass is 35.5. The number of benzene rings is 2. The average Bonchev–Trinajstić information content (AvgIpc) is 3.16. The average molecular weight is 402 g/mol. The minimum atomic E-state index is -0.503. The molecule has 2 aromatic rings. The number of nitro benzene ring substituents is 2. The predicted molar refractivity (Wildman–Crippen MR) is 104 cm³/mol. The Bertz CT molecular complexity index is 1020. The molecule has 4 rings (SSSR count). The van der Waals surface area contributed by atoms with Gasteiger partial charge in [-0.3, -0.25) is 20.2 Å². The van der Waals surface area contributed by atoms with Crippen molar-refractivity contribution in [2.45, 2.75) is 18.4 Å². The molecule has 0 spiro atoms. The zero-order valence-corrected chi connectivity index (χ0v) is 15.6. The summed E-state index contributed by atoms with van der Waals surface area (Å²) in [6.45, 7) is 0. The first-order valence-corrected chi connectivity index (χ1v) is 9.02. The molecule has 0 fully saturated rings. The molecule has 1 aliphatic heterocycles. The van der Waals surface area contributed by atoms with Crippen molar-refractivity contribution < 1.29 is 14.6 Å². The third-order valence-corrected chi connectivity index (χ3v) is 5.69. The van der Waals surface area contributed by atoms with Gasteiger partial charge in [-0.05, 0) is 29.5 Å². The molecule has 1 aliphatic carbocycles. The van der Waals surface area contributed by atoms with E-state index in [1.54, 1.807) is 12.1 Å². The molecule has 144 valence electrons. The van der Waals surface area contributed by atoms with Gasteiger partial charge in [-0.25, -0.2) is 0 Å². The van der Waals surface area contributed by atoms with Gasteiger partial charge in [0.1, 0.15) is 10.8 Å².